The molecule has 23 heavy (non-hydrogen) atoms. The van der Waals surface area contributed by atoms with Crippen molar-refractivity contribution in [3.8, 4) is 0 Å². The minimum Gasteiger partial charge on any atom is -0.390 e. The van der Waals surface area contributed by atoms with Crippen molar-refractivity contribution in [2.24, 2.45) is 0 Å². The largest absolute Gasteiger partial charge is 0.390 e. The lowest BCUT2D eigenvalue weighted by molar-refractivity contribution is -0.131. The second-order valence-corrected chi connectivity index (χ2v) is 6.94. The molecule has 0 aliphatic carbocycles. The molecular formula is C15H24ClN5O2. The van der Waals surface area contributed by atoms with Gasteiger partial charge in [0.2, 0.25) is 5.91 Å². The van der Waals surface area contributed by atoms with Crippen molar-refractivity contribution < 1.29 is 9.90 Å². The molecule has 3 rings (SSSR count). The lowest BCUT2D eigenvalue weighted by Crippen LogP contribution is -2.52. The summed E-state index contributed by atoms with van der Waals surface area (Å²) in [5.41, 5.74) is 0.719. The van der Waals surface area contributed by atoms with Crippen molar-refractivity contribution in [2.75, 3.05) is 46.3 Å². The lowest BCUT2D eigenvalue weighted by atomic mass is 10.1. The Kier molecular flexibility index (Phi) is 4.91. The van der Waals surface area contributed by atoms with Crippen molar-refractivity contribution >= 4 is 17.5 Å². The predicted molar refractivity (Wildman–Crippen MR) is 87.4 cm³/mol. The van der Waals surface area contributed by atoms with Crippen LogP contribution in [0.1, 0.15) is 5.69 Å². The maximum atomic E-state index is 12.4. The van der Waals surface area contributed by atoms with Gasteiger partial charge in [0.25, 0.3) is 0 Å². The first-order valence-corrected chi connectivity index (χ1v) is 8.40. The van der Waals surface area contributed by atoms with Crippen LogP contribution in [-0.2, 0) is 11.3 Å². The monoisotopic (exact) mass is 341 g/mol. The fraction of sp³-hybridized carbons (Fsp3) is 0.733. The normalized spacial score (nSPS) is 26.9. The first kappa shape index (κ1) is 16.7. The Bertz CT molecular complexity index is 551. The summed E-state index contributed by atoms with van der Waals surface area (Å²) >= 11 is 5.97. The van der Waals surface area contributed by atoms with Crippen LogP contribution in [0.3, 0.4) is 0 Å². The first-order valence-electron chi connectivity index (χ1n) is 8.02. The second kappa shape index (κ2) is 6.76. The number of nitrogens with zero attached hydrogens (tertiary/aromatic N) is 5. The highest BCUT2D eigenvalue weighted by Crippen LogP contribution is 2.19. The van der Waals surface area contributed by atoms with Gasteiger partial charge in [-0.05, 0) is 14.0 Å². The van der Waals surface area contributed by atoms with Gasteiger partial charge in [0.05, 0.1) is 22.9 Å². The van der Waals surface area contributed by atoms with E-state index < -0.39 is 6.10 Å². The Morgan fingerprint density at radius 2 is 2.04 bits per heavy atom. The van der Waals surface area contributed by atoms with Crippen LogP contribution in [0.25, 0.3) is 0 Å². The number of hydrogen-bond donors (Lipinski definition) is 1. The third-order valence-electron chi connectivity index (χ3n) is 4.80. The van der Waals surface area contributed by atoms with Gasteiger partial charge in [0.1, 0.15) is 6.54 Å². The van der Waals surface area contributed by atoms with Crippen LogP contribution in [0.5, 0.6) is 0 Å². The zero-order valence-corrected chi connectivity index (χ0v) is 14.4. The molecule has 2 aliphatic heterocycles. The molecule has 128 valence electrons. The van der Waals surface area contributed by atoms with Gasteiger partial charge in [0.15, 0.2) is 0 Å². The number of aliphatic hydroxyl groups is 1. The van der Waals surface area contributed by atoms with Crippen molar-refractivity contribution in [1.29, 1.82) is 0 Å². The molecular weight excluding hydrogens is 318 g/mol. The number of carbonyl (C=O) groups excluding carboxylic acids is 1. The number of β-amino-alcohol motifs (C(OH)–C–C–N with tert-alkyl or cyclic N) is 1. The molecule has 8 heteroatoms. The molecule has 2 saturated heterocycles. The summed E-state index contributed by atoms with van der Waals surface area (Å²) in [6.45, 7) is 6.83. The number of hydrogen-bond acceptors (Lipinski definition) is 5. The van der Waals surface area contributed by atoms with Crippen molar-refractivity contribution in [2.45, 2.75) is 25.6 Å². The minimum absolute atomic E-state index is 0.0279. The molecule has 0 radical (unpaired) electrons. The van der Waals surface area contributed by atoms with Gasteiger partial charge < -0.3 is 14.9 Å². The highest BCUT2D eigenvalue weighted by molar-refractivity contribution is 6.31. The van der Waals surface area contributed by atoms with Gasteiger partial charge in [-0.2, -0.15) is 5.10 Å². The highest BCUT2D eigenvalue weighted by Gasteiger charge is 2.38. The van der Waals surface area contributed by atoms with Gasteiger partial charge in [-0.15, -0.1) is 0 Å². The third-order valence-corrected chi connectivity index (χ3v) is 5.17. The number of aromatic nitrogens is 2. The molecule has 0 bridgehead atoms. The summed E-state index contributed by atoms with van der Waals surface area (Å²) in [7, 11) is 2.11. The van der Waals surface area contributed by atoms with Crippen LogP contribution in [0, 0.1) is 6.92 Å². The number of likely N-dealkylation sites (tertiary alicyclic amines) is 1. The molecule has 7 nitrogen and oxygen atoms in total. The summed E-state index contributed by atoms with van der Waals surface area (Å²) in [6.07, 6.45) is 1.18. The Morgan fingerprint density at radius 1 is 1.35 bits per heavy atom. The van der Waals surface area contributed by atoms with Crippen LogP contribution in [0.2, 0.25) is 5.02 Å². The van der Waals surface area contributed by atoms with Crippen LogP contribution >= 0.6 is 11.6 Å². The van der Waals surface area contributed by atoms with E-state index >= 15 is 0 Å². The van der Waals surface area contributed by atoms with Gasteiger partial charge in [-0.1, -0.05) is 11.6 Å². The fourth-order valence-corrected chi connectivity index (χ4v) is 3.45. The summed E-state index contributed by atoms with van der Waals surface area (Å²) in [5.74, 6) is -0.0279. The third kappa shape index (κ3) is 3.68. The number of halogens is 1. The molecule has 0 spiro atoms. The minimum atomic E-state index is -0.481. The van der Waals surface area contributed by atoms with Crippen LogP contribution in [-0.4, -0.2) is 94.0 Å². The highest BCUT2D eigenvalue weighted by atomic mass is 35.5. The van der Waals surface area contributed by atoms with E-state index in [0.29, 0.717) is 18.1 Å². The average molecular weight is 342 g/mol. The molecule has 1 amide bonds. The van der Waals surface area contributed by atoms with E-state index in [1.165, 1.54) is 0 Å². The fourth-order valence-electron chi connectivity index (χ4n) is 3.30. The van der Waals surface area contributed by atoms with E-state index in [1.54, 1.807) is 15.8 Å². The predicted octanol–water partition coefficient (Wildman–Crippen LogP) is -0.336. The molecule has 1 aromatic rings. The van der Waals surface area contributed by atoms with Gasteiger partial charge in [-0.25, -0.2) is 0 Å². The Balaban J connectivity index is 1.58. The number of piperazine rings is 1. The Labute approximate surface area is 141 Å². The van der Waals surface area contributed by atoms with Crippen LogP contribution < -0.4 is 0 Å². The average Bonchev–Trinajstić information content (AvgIpc) is 3.03. The number of carbonyl (C=O) groups is 1. The molecule has 1 aromatic heterocycles. The van der Waals surface area contributed by atoms with Crippen LogP contribution in [0.15, 0.2) is 6.20 Å². The van der Waals surface area contributed by atoms with Crippen LogP contribution in [0.4, 0.5) is 0 Å². The summed E-state index contributed by atoms with van der Waals surface area (Å²) in [4.78, 5) is 18.8. The molecule has 0 aromatic carbocycles. The second-order valence-electron chi connectivity index (χ2n) is 6.53. The van der Waals surface area contributed by atoms with E-state index in [1.807, 2.05) is 6.92 Å². The van der Waals surface area contributed by atoms with E-state index in [4.69, 9.17) is 11.6 Å². The maximum Gasteiger partial charge on any atom is 0.244 e. The number of amides is 1. The molecule has 2 aliphatic rings. The lowest BCUT2D eigenvalue weighted by Gasteiger charge is -2.37. The topological polar surface area (TPSA) is 64.8 Å². The van der Waals surface area contributed by atoms with E-state index in [2.05, 4.69) is 21.9 Å². The maximum absolute atomic E-state index is 12.4. The molecule has 1 N–H and O–H groups in total. The SMILES string of the molecule is Cc1nn(CC(=O)N2C[C@@H](O)[C@H](N3CCN(C)CC3)C2)cc1Cl. The smallest absolute Gasteiger partial charge is 0.244 e. The zero-order chi connectivity index (χ0) is 16.6. The van der Waals surface area contributed by atoms with Gasteiger partial charge in [0, 0.05) is 45.5 Å². The van der Waals surface area contributed by atoms with Crippen molar-refractivity contribution in [3.63, 3.8) is 0 Å². The van der Waals surface area contributed by atoms with E-state index in [9.17, 15) is 9.90 Å². The summed E-state index contributed by atoms with van der Waals surface area (Å²) < 4.78 is 1.57. The Morgan fingerprint density at radius 3 is 2.65 bits per heavy atom. The van der Waals surface area contributed by atoms with Crippen molar-refractivity contribution in [1.82, 2.24) is 24.5 Å². The molecule has 3 heterocycles. The molecule has 2 atom stereocenters. The zero-order valence-electron chi connectivity index (χ0n) is 13.7. The quantitative estimate of drug-likeness (QED) is 0.815. The molecule has 0 saturated carbocycles. The van der Waals surface area contributed by atoms with Crippen molar-refractivity contribution in [3.05, 3.63) is 16.9 Å². The standard InChI is InChI=1S/C15H24ClN5O2/c1-11-12(16)7-21(17-11)10-15(23)20-8-13(14(22)9-20)19-5-3-18(2)4-6-19/h7,13-14,22H,3-6,8-10H2,1-2H3/t13-,14-/m1/s1. The first-order chi connectivity index (χ1) is 10.9. The number of aliphatic hydroxyl groups excluding tert-OH is 1. The van der Waals surface area contributed by atoms with Gasteiger partial charge in [-0.3, -0.25) is 14.4 Å². The molecule has 2 fully saturated rings. The van der Waals surface area contributed by atoms with Gasteiger partial charge >= 0.3 is 0 Å². The Hall–Kier alpha value is -1.15. The number of rotatable bonds is 3. The van der Waals surface area contributed by atoms with E-state index in [0.717, 1.165) is 31.9 Å². The summed E-state index contributed by atoms with van der Waals surface area (Å²) in [6, 6.07) is 0.0376. The number of likely N-dealkylation sites (N-methyl/N-ethyl adjacent to an activating group) is 1. The molecule has 0 unspecified atom stereocenters. The number of aryl methyl sites for hydroxylation is 1. The summed E-state index contributed by atoms with van der Waals surface area (Å²) in [5, 5.41) is 15.1. The van der Waals surface area contributed by atoms with E-state index in [-0.39, 0.29) is 18.5 Å².